The minimum atomic E-state index is -0.879. The Kier molecular flexibility index (Phi) is 5.30. The van der Waals surface area contributed by atoms with E-state index in [1.807, 2.05) is 6.92 Å². The first-order valence-corrected chi connectivity index (χ1v) is 8.33. The predicted molar refractivity (Wildman–Crippen MR) is 89.4 cm³/mol. The van der Waals surface area contributed by atoms with Crippen molar-refractivity contribution in [2.45, 2.75) is 57.0 Å². The zero-order valence-corrected chi connectivity index (χ0v) is 14.2. The molecule has 3 N–H and O–H groups in total. The molecule has 0 amide bonds. The van der Waals surface area contributed by atoms with Crippen molar-refractivity contribution in [3.05, 3.63) is 0 Å². The highest BCUT2D eigenvalue weighted by atomic mass is 16.6. The Labute approximate surface area is 145 Å². The molecule has 10 heteroatoms. The minimum absolute atomic E-state index is 0.266. The molecule has 3 heterocycles. The van der Waals surface area contributed by atoms with Crippen LogP contribution in [-0.2, 0) is 19.0 Å². The topological polar surface area (TPSA) is 131 Å². The quantitative estimate of drug-likeness (QED) is 0.577. The molecule has 0 radical (unpaired) electrons. The molecule has 3 rings (SSSR count). The van der Waals surface area contributed by atoms with E-state index in [4.69, 9.17) is 19.9 Å². The highest BCUT2D eigenvalue weighted by Gasteiger charge is 2.50. The van der Waals surface area contributed by atoms with Crippen LogP contribution in [-0.4, -0.2) is 84.4 Å². The Morgan fingerprint density at radius 3 is 2.96 bits per heavy atom. The van der Waals surface area contributed by atoms with Gasteiger partial charge >= 0.3 is 5.97 Å². The van der Waals surface area contributed by atoms with Crippen LogP contribution >= 0.6 is 0 Å². The molecule has 6 atom stereocenters. The third-order valence-electron chi connectivity index (χ3n) is 4.39. The van der Waals surface area contributed by atoms with Gasteiger partial charge in [-0.2, -0.15) is 0 Å². The number of carbonyl (C=O) groups excluding carboxylic acids is 1. The van der Waals surface area contributed by atoms with Crippen molar-refractivity contribution in [1.29, 1.82) is 0 Å². The number of aliphatic hydroxyl groups is 1. The fourth-order valence-electron chi connectivity index (χ4n) is 3.15. The van der Waals surface area contributed by atoms with Crippen LogP contribution in [0.25, 0.3) is 0 Å². The first-order chi connectivity index (χ1) is 12.1. The molecule has 25 heavy (non-hydrogen) atoms. The number of esters is 1. The summed E-state index contributed by atoms with van der Waals surface area (Å²) in [5.74, 6) is -0.123. The lowest BCUT2D eigenvalue weighted by Gasteiger charge is -2.33. The molecular weight excluding hydrogens is 330 g/mol. The highest BCUT2D eigenvalue weighted by molar-refractivity contribution is 5.96. The fraction of sp³-hybridized carbons (Fsp3) is 0.733. The molecule has 138 valence electrons. The van der Waals surface area contributed by atoms with Gasteiger partial charge in [0.2, 0.25) is 0 Å². The number of hydrogen-bond donors (Lipinski definition) is 2. The first kappa shape index (κ1) is 17.8. The third-order valence-corrected chi connectivity index (χ3v) is 4.39. The highest BCUT2D eigenvalue weighted by Crippen LogP contribution is 2.32. The van der Waals surface area contributed by atoms with Crippen molar-refractivity contribution in [3.8, 4) is 0 Å². The number of rotatable bonds is 6. The Balaban J connectivity index is 1.74. The Morgan fingerprint density at radius 2 is 2.24 bits per heavy atom. The van der Waals surface area contributed by atoms with E-state index in [9.17, 15) is 9.90 Å². The molecule has 0 saturated carbocycles. The molecule has 3 unspecified atom stereocenters. The number of fused-ring (bicyclic) bond motifs is 1. The summed E-state index contributed by atoms with van der Waals surface area (Å²) in [4.78, 5) is 25.9. The molecule has 1 saturated heterocycles. The second-order valence-electron chi connectivity index (χ2n) is 5.93. The van der Waals surface area contributed by atoms with Crippen LogP contribution < -0.4 is 5.73 Å². The number of amidine groups is 1. The first-order valence-electron chi connectivity index (χ1n) is 8.33. The number of aliphatic hydroxyl groups excluding tert-OH is 1. The second-order valence-corrected chi connectivity index (χ2v) is 5.93. The van der Waals surface area contributed by atoms with Crippen LogP contribution in [0.2, 0.25) is 0 Å². The number of hydrogen-bond acceptors (Lipinski definition) is 10. The van der Waals surface area contributed by atoms with Crippen LogP contribution in [0.1, 0.15) is 20.3 Å². The van der Waals surface area contributed by atoms with Crippen LogP contribution in [0, 0.1) is 0 Å². The number of nitrogens with two attached hydrogens (primary N) is 1. The van der Waals surface area contributed by atoms with E-state index in [0.717, 1.165) is 0 Å². The van der Waals surface area contributed by atoms with E-state index in [-0.39, 0.29) is 13.2 Å². The number of ether oxygens (including phenoxy) is 3. The van der Waals surface area contributed by atoms with E-state index < -0.39 is 42.7 Å². The maximum Gasteiger partial charge on any atom is 0.332 e. The summed E-state index contributed by atoms with van der Waals surface area (Å²) in [6, 6.07) is -0.392. The van der Waals surface area contributed by atoms with E-state index in [1.165, 1.54) is 6.34 Å². The monoisotopic (exact) mass is 353 g/mol. The third kappa shape index (κ3) is 3.37. The summed E-state index contributed by atoms with van der Waals surface area (Å²) in [7, 11) is 0. The molecule has 0 aromatic heterocycles. The number of nitrogens with zero attached hydrogens (tertiary/aromatic N) is 4. The number of carbonyl (C=O) groups is 1. The Hall–Kier alpha value is -2.04. The molecule has 3 aliphatic rings. The smallest absolute Gasteiger partial charge is 0.332 e. The fourth-order valence-corrected chi connectivity index (χ4v) is 3.15. The van der Waals surface area contributed by atoms with Gasteiger partial charge in [0.05, 0.1) is 19.0 Å². The van der Waals surface area contributed by atoms with Gasteiger partial charge in [0.25, 0.3) is 0 Å². The summed E-state index contributed by atoms with van der Waals surface area (Å²) < 4.78 is 16.4. The van der Waals surface area contributed by atoms with Crippen molar-refractivity contribution in [2.75, 3.05) is 13.2 Å². The Bertz CT molecular complexity index is 595. The molecule has 0 aliphatic carbocycles. The van der Waals surface area contributed by atoms with Gasteiger partial charge in [-0.15, -0.1) is 0 Å². The van der Waals surface area contributed by atoms with Crippen molar-refractivity contribution in [2.24, 2.45) is 20.7 Å². The summed E-state index contributed by atoms with van der Waals surface area (Å²) in [5, 5.41) is 10.5. The maximum absolute atomic E-state index is 11.6. The van der Waals surface area contributed by atoms with Crippen LogP contribution in [0.3, 0.4) is 0 Å². The molecule has 0 spiro atoms. The van der Waals surface area contributed by atoms with Crippen molar-refractivity contribution < 1.29 is 24.1 Å². The van der Waals surface area contributed by atoms with Crippen molar-refractivity contribution >= 4 is 24.5 Å². The average Bonchev–Trinajstić information content (AvgIpc) is 3.15. The van der Waals surface area contributed by atoms with Gasteiger partial charge in [-0.25, -0.2) is 14.8 Å². The number of aliphatic imine (C=N–C) groups is 3. The predicted octanol–water partition coefficient (Wildman–Crippen LogP) is -1.13. The van der Waals surface area contributed by atoms with E-state index in [1.54, 1.807) is 18.2 Å². The molecule has 0 aromatic rings. The average molecular weight is 353 g/mol. The Morgan fingerprint density at radius 1 is 1.44 bits per heavy atom. The van der Waals surface area contributed by atoms with Crippen LogP contribution in [0.4, 0.5) is 0 Å². The normalized spacial score (nSPS) is 36.4. The lowest BCUT2D eigenvalue weighted by molar-refractivity contribution is -0.156. The molecule has 1 fully saturated rings. The molecule has 3 aliphatic heterocycles. The van der Waals surface area contributed by atoms with Gasteiger partial charge < -0.3 is 30.0 Å². The van der Waals surface area contributed by atoms with Crippen molar-refractivity contribution in [3.63, 3.8) is 0 Å². The standard InChI is InChI=1S/C15H23N5O5/c1-3-8-11(22)12(24-5-9(21)23-4-2)15(25-8)20-7-19-10-13(16)17-6-18-14(10)20/h6-8,10-12,14-15,22H,3-5H2,1-2H3,(H2,16,17,18)/t8-,10?,11?,12+,14?,15-/m1/s1. The van der Waals surface area contributed by atoms with Crippen molar-refractivity contribution in [1.82, 2.24) is 4.90 Å². The van der Waals surface area contributed by atoms with Gasteiger partial charge in [-0.05, 0) is 13.3 Å². The largest absolute Gasteiger partial charge is 0.464 e. The van der Waals surface area contributed by atoms with Gasteiger partial charge in [0.15, 0.2) is 12.4 Å². The summed E-state index contributed by atoms with van der Waals surface area (Å²) in [6.45, 7) is 3.62. The molecular formula is C15H23N5O5. The summed E-state index contributed by atoms with van der Waals surface area (Å²) in [5.41, 5.74) is 5.86. The zero-order chi connectivity index (χ0) is 18.0. The van der Waals surface area contributed by atoms with Gasteiger partial charge in [0, 0.05) is 0 Å². The van der Waals surface area contributed by atoms with Gasteiger partial charge in [0.1, 0.15) is 37.0 Å². The van der Waals surface area contributed by atoms with Crippen LogP contribution in [0.5, 0.6) is 0 Å². The molecule has 0 aromatic carbocycles. The lowest BCUT2D eigenvalue weighted by atomic mass is 10.1. The summed E-state index contributed by atoms with van der Waals surface area (Å²) >= 11 is 0. The van der Waals surface area contributed by atoms with E-state index in [0.29, 0.717) is 12.3 Å². The molecule has 10 nitrogen and oxygen atoms in total. The molecule has 0 bridgehead atoms. The zero-order valence-electron chi connectivity index (χ0n) is 14.2. The minimum Gasteiger partial charge on any atom is -0.464 e. The van der Waals surface area contributed by atoms with Crippen LogP contribution in [0.15, 0.2) is 15.0 Å². The lowest BCUT2D eigenvalue weighted by Crippen LogP contribution is -2.52. The second kappa shape index (κ2) is 7.46. The summed E-state index contributed by atoms with van der Waals surface area (Å²) in [6.07, 6.45) is 0.484. The van der Waals surface area contributed by atoms with E-state index >= 15 is 0 Å². The van der Waals surface area contributed by atoms with Gasteiger partial charge in [-0.1, -0.05) is 6.92 Å². The SMILES string of the molecule is CCOC(=O)CO[C@H]1C(O)[C@@H](CC)O[C@H]1N1C=NC2C(N)=NC=NC21. The maximum atomic E-state index is 11.6. The van der Waals surface area contributed by atoms with Gasteiger partial charge in [-0.3, -0.25) is 4.99 Å². The van der Waals surface area contributed by atoms with E-state index in [2.05, 4.69) is 15.0 Å².